The fourth-order valence-electron chi connectivity index (χ4n) is 1.09. The van der Waals surface area contributed by atoms with Crippen molar-refractivity contribution in [2.75, 3.05) is 5.32 Å². The van der Waals surface area contributed by atoms with Gasteiger partial charge >= 0.3 is 0 Å². The summed E-state index contributed by atoms with van der Waals surface area (Å²) in [6.45, 7) is 0.594. The molecule has 0 amide bonds. The summed E-state index contributed by atoms with van der Waals surface area (Å²) in [5, 5.41) is 10.0. The Morgan fingerprint density at radius 2 is 2.20 bits per heavy atom. The number of benzene rings is 1. The Labute approximate surface area is 101 Å². The van der Waals surface area contributed by atoms with E-state index in [-0.39, 0.29) is 0 Å². The lowest BCUT2D eigenvalue weighted by atomic mass is 10.3. The van der Waals surface area contributed by atoms with E-state index in [9.17, 15) is 0 Å². The van der Waals surface area contributed by atoms with E-state index in [1.54, 1.807) is 6.07 Å². The van der Waals surface area contributed by atoms with Gasteiger partial charge in [-0.2, -0.15) is 0 Å². The minimum absolute atomic E-state index is 0.530. The van der Waals surface area contributed by atoms with Crippen LogP contribution < -0.4 is 5.32 Å². The zero-order valence-corrected chi connectivity index (χ0v) is 9.90. The number of nitrogens with one attached hydrogen (secondary N) is 1. The fourth-order valence-corrected chi connectivity index (χ4v) is 1.91. The van der Waals surface area contributed by atoms with Crippen LogP contribution in [-0.2, 0) is 6.54 Å². The number of aromatic nitrogens is 2. The van der Waals surface area contributed by atoms with Gasteiger partial charge in [0.05, 0.1) is 28.0 Å². The molecule has 0 unspecified atom stereocenters. The van der Waals surface area contributed by atoms with Crippen molar-refractivity contribution in [2.24, 2.45) is 0 Å². The highest BCUT2D eigenvalue weighted by Gasteiger charge is 2.04. The first-order valence-electron chi connectivity index (χ1n) is 4.21. The Balaban J connectivity index is 2.08. The second kappa shape index (κ2) is 4.79. The number of rotatable bonds is 3. The molecule has 0 fully saturated rings. The molecule has 0 radical (unpaired) electrons. The number of hydrogen-bond acceptors (Lipinski definition) is 4. The van der Waals surface area contributed by atoms with Gasteiger partial charge in [-0.15, -0.1) is 5.10 Å². The number of nitrogens with zero attached hydrogens (tertiary/aromatic N) is 2. The van der Waals surface area contributed by atoms with Crippen molar-refractivity contribution in [3.8, 4) is 0 Å². The summed E-state index contributed by atoms with van der Waals surface area (Å²) in [4.78, 5) is 0. The zero-order chi connectivity index (χ0) is 10.7. The molecule has 0 aliphatic rings. The Morgan fingerprint density at radius 3 is 2.93 bits per heavy atom. The van der Waals surface area contributed by atoms with E-state index in [0.29, 0.717) is 16.6 Å². The molecule has 2 aromatic rings. The topological polar surface area (TPSA) is 37.8 Å². The summed E-state index contributed by atoms with van der Waals surface area (Å²) >= 11 is 13.2. The molecule has 1 aromatic carbocycles. The van der Waals surface area contributed by atoms with Gasteiger partial charge in [0.25, 0.3) is 0 Å². The Morgan fingerprint density at radius 1 is 1.33 bits per heavy atom. The first-order valence-corrected chi connectivity index (χ1v) is 5.80. The van der Waals surface area contributed by atoms with Crippen LogP contribution in [0.25, 0.3) is 0 Å². The predicted molar refractivity (Wildman–Crippen MR) is 63.7 cm³/mol. The summed E-state index contributed by atoms with van der Waals surface area (Å²) in [5.74, 6) is 0. The molecule has 1 aromatic heterocycles. The maximum atomic E-state index is 6.01. The van der Waals surface area contributed by atoms with Crippen LogP contribution in [0.5, 0.6) is 0 Å². The van der Waals surface area contributed by atoms with Gasteiger partial charge in [-0.3, -0.25) is 0 Å². The average molecular weight is 260 g/mol. The largest absolute Gasteiger partial charge is 0.378 e. The van der Waals surface area contributed by atoms with Crippen molar-refractivity contribution in [2.45, 2.75) is 6.54 Å². The van der Waals surface area contributed by atoms with Crippen LogP contribution >= 0.6 is 34.7 Å². The quantitative estimate of drug-likeness (QED) is 0.918. The average Bonchev–Trinajstić information content (AvgIpc) is 2.73. The van der Waals surface area contributed by atoms with E-state index >= 15 is 0 Å². The maximum Gasteiger partial charge on any atom is 0.0946 e. The summed E-state index contributed by atoms with van der Waals surface area (Å²) in [6, 6.07) is 5.46. The van der Waals surface area contributed by atoms with Crippen LogP contribution in [0.2, 0.25) is 10.0 Å². The van der Waals surface area contributed by atoms with Gasteiger partial charge in [-0.05, 0) is 23.7 Å². The molecule has 2 rings (SSSR count). The lowest BCUT2D eigenvalue weighted by molar-refractivity contribution is 0.999. The summed E-state index contributed by atoms with van der Waals surface area (Å²) < 4.78 is 3.77. The standard InChI is InChI=1S/C9H7Cl2N3S/c10-7-2-1-3-8(9(7)11)12-4-6-5-15-14-13-6/h1-3,5,12H,4H2. The van der Waals surface area contributed by atoms with Crippen molar-refractivity contribution in [1.29, 1.82) is 0 Å². The third kappa shape index (κ3) is 2.59. The summed E-state index contributed by atoms with van der Waals surface area (Å²) in [5.41, 5.74) is 1.69. The number of hydrogen-bond donors (Lipinski definition) is 1. The molecule has 0 bridgehead atoms. The lowest BCUT2D eigenvalue weighted by Gasteiger charge is -2.07. The molecule has 78 valence electrons. The smallest absolute Gasteiger partial charge is 0.0946 e. The molecule has 6 heteroatoms. The first-order chi connectivity index (χ1) is 7.27. The van der Waals surface area contributed by atoms with E-state index < -0.39 is 0 Å². The van der Waals surface area contributed by atoms with E-state index in [4.69, 9.17) is 23.2 Å². The normalized spacial score (nSPS) is 10.3. The van der Waals surface area contributed by atoms with Crippen LogP contribution in [0.15, 0.2) is 23.6 Å². The number of halogens is 2. The molecule has 0 saturated carbocycles. The van der Waals surface area contributed by atoms with Crippen molar-refractivity contribution in [1.82, 2.24) is 9.59 Å². The van der Waals surface area contributed by atoms with Crippen LogP contribution in [-0.4, -0.2) is 9.59 Å². The van der Waals surface area contributed by atoms with E-state index in [1.807, 2.05) is 17.5 Å². The SMILES string of the molecule is Clc1cccc(NCc2csnn2)c1Cl. The third-order valence-electron chi connectivity index (χ3n) is 1.82. The van der Waals surface area contributed by atoms with Crippen molar-refractivity contribution >= 4 is 40.4 Å². The summed E-state index contributed by atoms with van der Waals surface area (Å²) in [7, 11) is 0. The first kappa shape index (κ1) is 10.7. The lowest BCUT2D eigenvalue weighted by Crippen LogP contribution is -2.00. The van der Waals surface area contributed by atoms with Crippen LogP contribution in [0.1, 0.15) is 5.69 Å². The van der Waals surface area contributed by atoms with Crippen molar-refractivity contribution in [3.05, 3.63) is 39.3 Å². The van der Waals surface area contributed by atoms with E-state index in [0.717, 1.165) is 11.4 Å². The second-order valence-electron chi connectivity index (χ2n) is 2.85. The van der Waals surface area contributed by atoms with E-state index in [2.05, 4.69) is 14.9 Å². The van der Waals surface area contributed by atoms with Crippen LogP contribution in [0.3, 0.4) is 0 Å². The Bertz CT molecular complexity index is 445. The third-order valence-corrected chi connectivity index (χ3v) is 3.19. The second-order valence-corrected chi connectivity index (χ2v) is 4.25. The highest BCUT2D eigenvalue weighted by Crippen LogP contribution is 2.29. The minimum atomic E-state index is 0.530. The van der Waals surface area contributed by atoms with Gasteiger partial charge < -0.3 is 5.32 Å². The van der Waals surface area contributed by atoms with Gasteiger partial charge in [0.2, 0.25) is 0 Å². The van der Waals surface area contributed by atoms with Gasteiger partial charge in [0.15, 0.2) is 0 Å². The zero-order valence-electron chi connectivity index (χ0n) is 7.58. The molecular formula is C9H7Cl2N3S. The molecule has 0 saturated heterocycles. The van der Waals surface area contributed by atoms with Crippen molar-refractivity contribution < 1.29 is 0 Å². The monoisotopic (exact) mass is 259 g/mol. The van der Waals surface area contributed by atoms with Gasteiger partial charge in [-0.1, -0.05) is 33.8 Å². The molecule has 0 aliphatic heterocycles. The molecule has 1 heterocycles. The highest BCUT2D eigenvalue weighted by molar-refractivity contribution is 7.03. The highest BCUT2D eigenvalue weighted by atomic mass is 35.5. The molecule has 0 aliphatic carbocycles. The number of anilines is 1. The molecule has 15 heavy (non-hydrogen) atoms. The maximum absolute atomic E-state index is 6.01. The molecule has 3 nitrogen and oxygen atoms in total. The molecular weight excluding hydrogens is 253 g/mol. The van der Waals surface area contributed by atoms with Gasteiger partial charge in [0, 0.05) is 5.38 Å². The molecule has 1 N–H and O–H groups in total. The van der Waals surface area contributed by atoms with E-state index in [1.165, 1.54) is 11.5 Å². The van der Waals surface area contributed by atoms with Gasteiger partial charge in [0.1, 0.15) is 0 Å². The predicted octanol–water partition coefficient (Wildman–Crippen LogP) is 3.46. The van der Waals surface area contributed by atoms with Crippen LogP contribution in [0, 0.1) is 0 Å². The minimum Gasteiger partial charge on any atom is -0.378 e. The van der Waals surface area contributed by atoms with Crippen LogP contribution in [0.4, 0.5) is 5.69 Å². The Hall–Kier alpha value is -0.840. The van der Waals surface area contributed by atoms with Gasteiger partial charge in [-0.25, -0.2) is 0 Å². The molecule has 0 atom stereocenters. The fraction of sp³-hybridized carbons (Fsp3) is 0.111. The van der Waals surface area contributed by atoms with Crippen molar-refractivity contribution in [3.63, 3.8) is 0 Å². The molecule has 0 spiro atoms. The Kier molecular flexibility index (Phi) is 3.41. The summed E-state index contributed by atoms with van der Waals surface area (Å²) in [6.07, 6.45) is 0.